The second kappa shape index (κ2) is 3.44. The quantitative estimate of drug-likeness (QED) is 0.791. The van der Waals surface area contributed by atoms with E-state index in [1.807, 2.05) is 6.92 Å². The Bertz CT molecular complexity index is 420. The monoisotopic (exact) mass is 275 g/mol. The summed E-state index contributed by atoms with van der Waals surface area (Å²) in [5.41, 5.74) is 1.52. The average molecular weight is 277 g/mol. The summed E-state index contributed by atoms with van der Waals surface area (Å²) in [6, 6.07) is 1.69. The summed E-state index contributed by atoms with van der Waals surface area (Å²) in [5, 5.41) is 3.29. The highest BCUT2D eigenvalue weighted by molar-refractivity contribution is 9.10. The van der Waals surface area contributed by atoms with Crippen LogP contribution >= 0.6 is 27.5 Å². The topological polar surface area (TPSA) is 38.3 Å². The van der Waals surface area contributed by atoms with Crippen molar-refractivity contribution in [1.29, 1.82) is 0 Å². The van der Waals surface area contributed by atoms with Crippen LogP contribution in [0.3, 0.4) is 0 Å². The van der Waals surface area contributed by atoms with Gasteiger partial charge in [-0.2, -0.15) is 0 Å². The molecule has 1 amide bonds. The summed E-state index contributed by atoms with van der Waals surface area (Å²) in [7, 11) is 0. The normalized spacial score (nSPS) is 14.4. The zero-order chi connectivity index (χ0) is 10.3. The van der Waals surface area contributed by atoms with Gasteiger partial charge < -0.3 is 10.1 Å². The maximum Gasteiger partial charge on any atom is 0.262 e. The maximum absolute atomic E-state index is 11.0. The highest BCUT2D eigenvalue weighted by atomic mass is 79.9. The Morgan fingerprint density at radius 2 is 2.36 bits per heavy atom. The molecule has 5 heteroatoms. The van der Waals surface area contributed by atoms with Crippen LogP contribution in [0.25, 0.3) is 0 Å². The van der Waals surface area contributed by atoms with E-state index in [0.717, 1.165) is 10.0 Å². The molecule has 0 unspecified atom stereocenters. The van der Waals surface area contributed by atoms with Crippen molar-refractivity contribution >= 4 is 39.1 Å². The number of anilines is 1. The summed E-state index contributed by atoms with van der Waals surface area (Å²) in [5.74, 6) is 0.482. The molecule has 1 aromatic carbocycles. The van der Waals surface area contributed by atoms with Gasteiger partial charge in [0, 0.05) is 5.02 Å². The lowest BCUT2D eigenvalue weighted by Gasteiger charge is -2.20. The van der Waals surface area contributed by atoms with Crippen molar-refractivity contribution in [2.45, 2.75) is 6.92 Å². The number of ether oxygens (including phenoxy) is 1. The second-order valence-corrected chi connectivity index (χ2v) is 4.21. The number of carbonyl (C=O) groups excluding carboxylic acids is 1. The predicted molar refractivity (Wildman–Crippen MR) is 58.0 cm³/mol. The van der Waals surface area contributed by atoms with Gasteiger partial charge in [-0.05, 0) is 34.5 Å². The first-order valence-corrected chi connectivity index (χ1v) is 5.18. The molecule has 0 atom stereocenters. The first kappa shape index (κ1) is 9.80. The van der Waals surface area contributed by atoms with E-state index in [1.165, 1.54) is 0 Å². The van der Waals surface area contributed by atoms with Gasteiger partial charge in [-0.25, -0.2) is 0 Å². The molecule has 0 saturated carbocycles. The lowest BCUT2D eigenvalue weighted by atomic mass is 10.2. The van der Waals surface area contributed by atoms with Crippen molar-refractivity contribution in [2.75, 3.05) is 11.9 Å². The smallest absolute Gasteiger partial charge is 0.262 e. The molecule has 0 aromatic heterocycles. The molecule has 1 heterocycles. The van der Waals surface area contributed by atoms with Gasteiger partial charge in [0.05, 0.1) is 10.2 Å². The zero-order valence-electron chi connectivity index (χ0n) is 7.36. The molecule has 74 valence electrons. The van der Waals surface area contributed by atoms with Crippen LogP contribution in [-0.2, 0) is 4.79 Å². The number of hydrogen-bond donors (Lipinski definition) is 1. The largest absolute Gasteiger partial charge is 0.480 e. The van der Waals surface area contributed by atoms with E-state index in [9.17, 15) is 4.79 Å². The van der Waals surface area contributed by atoms with Crippen LogP contribution in [0.15, 0.2) is 10.5 Å². The molecule has 2 rings (SSSR count). The molecule has 1 aliphatic heterocycles. The third-order valence-electron chi connectivity index (χ3n) is 2.02. The number of rotatable bonds is 0. The number of nitrogens with one attached hydrogen (secondary N) is 1. The minimum Gasteiger partial charge on any atom is -0.480 e. The van der Waals surface area contributed by atoms with Gasteiger partial charge in [0.1, 0.15) is 0 Å². The molecule has 0 bridgehead atoms. The number of halogens is 2. The van der Waals surface area contributed by atoms with Crippen molar-refractivity contribution in [3.8, 4) is 5.75 Å². The van der Waals surface area contributed by atoms with Crippen molar-refractivity contribution < 1.29 is 9.53 Å². The molecule has 1 N–H and O–H groups in total. The summed E-state index contributed by atoms with van der Waals surface area (Å²) >= 11 is 9.34. The Labute approximate surface area is 94.5 Å². The lowest BCUT2D eigenvalue weighted by molar-refractivity contribution is -0.118. The van der Waals surface area contributed by atoms with E-state index in [2.05, 4.69) is 21.2 Å². The van der Waals surface area contributed by atoms with Crippen molar-refractivity contribution in [2.24, 2.45) is 0 Å². The Hall–Kier alpha value is -0.740. The molecule has 14 heavy (non-hydrogen) atoms. The SMILES string of the molecule is Cc1c(Cl)cc2c(c1Br)OCC(=O)N2. The maximum atomic E-state index is 11.0. The van der Waals surface area contributed by atoms with E-state index >= 15 is 0 Å². The molecule has 0 spiro atoms. The van der Waals surface area contributed by atoms with Crippen LogP contribution < -0.4 is 10.1 Å². The fourth-order valence-corrected chi connectivity index (χ4v) is 2.11. The number of hydrogen-bond acceptors (Lipinski definition) is 2. The Morgan fingerprint density at radius 1 is 1.64 bits per heavy atom. The van der Waals surface area contributed by atoms with Crippen LogP contribution in [0.1, 0.15) is 5.56 Å². The molecule has 0 aliphatic carbocycles. The van der Waals surface area contributed by atoms with E-state index in [0.29, 0.717) is 16.5 Å². The first-order chi connectivity index (χ1) is 6.59. The van der Waals surface area contributed by atoms with E-state index in [1.54, 1.807) is 6.07 Å². The second-order valence-electron chi connectivity index (χ2n) is 3.01. The molecular formula is C9H7BrClNO2. The van der Waals surface area contributed by atoms with Crippen LogP contribution in [0.5, 0.6) is 5.75 Å². The zero-order valence-corrected chi connectivity index (χ0v) is 9.70. The third kappa shape index (κ3) is 1.48. The highest BCUT2D eigenvalue weighted by Crippen LogP contribution is 2.41. The van der Waals surface area contributed by atoms with Gasteiger partial charge in [0.15, 0.2) is 12.4 Å². The van der Waals surface area contributed by atoms with Gasteiger partial charge in [-0.15, -0.1) is 0 Å². The van der Waals surface area contributed by atoms with Gasteiger partial charge in [-0.1, -0.05) is 11.6 Å². The molecular weight excluding hydrogens is 269 g/mol. The number of amides is 1. The number of benzene rings is 1. The Balaban J connectivity index is 2.59. The fraction of sp³-hybridized carbons (Fsp3) is 0.222. The molecule has 1 aliphatic rings. The standard InChI is InChI=1S/C9H7BrClNO2/c1-4-5(11)2-6-9(8(4)10)14-3-7(13)12-6/h2H,3H2,1H3,(H,12,13). The summed E-state index contributed by atoms with van der Waals surface area (Å²) in [6.45, 7) is 1.93. The summed E-state index contributed by atoms with van der Waals surface area (Å²) < 4.78 is 6.08. The first-order valence-electron chi connectivity index (χ1n) is 4.01. The van der Waals surface area contributed by atoms with E-state index in [4.69, 9.17) is 16.3 Å². The van der Waals surface area contributed by atoms with Crippen molar-refractivity contribution in [3.63, 3.8) is 0 Å². The number of carbonyl (C=O) groups is 1. The summed E-state index contributed by atoms with van der Waals surface area (Å²) in [6.07, 6.45) is 0. The Morgan fingerprint density at radius 3 is 3.07 bits per heavy atom. The molecule has 3 nitrogen and oxygen atoms in total. The van der Waals surface area contributed by atoms with Crippen molar-refractivity contribution in [3.05, 3.63) is 21.1 Å². The van der Waals surface area contributed by atoms with Crippen LogP contribution in [0, 0.1) is 6.92 Å². The molecule has 0 fully saturated rings. The van der Waals surface area contributed by atoms with Crippen LogP contribution in [0.2, 0.25) is 5.02 Å². The Kier molecular flexibility index (Phi) is 2.41. The van der Waals surface area contributed by atoms with E-state index in [-0.39, 0.29) is 12.5 Å². The van der Waals surface area contributed by atoms with Crippen LogP contribution in [-0.4, -0.2) is 12.5 Å². The molecule has 1 aromatic rings. The number of fused-ring (bicyclic) bond motifs is 1. The molecule has 0 radical (unpaired) electrons. The van der Waals surface area contributed by atoms with Gasteiger partial charge in [0.2, 0.25) is 0 Å². The lowest BCUT2D eigenvalue weighted by Crippen LogP contribution is -2.25. The van der Waals surface area contributed by atoms with Gasteiger partial charge in [-0.3, -0.25) is 4.79 Å². The summed E-state index contributed by atoms with van der Waals surface area (Å²) in [4.78, 5) is 11.0. The molecule has 0 saturated heterocycles. The van der Waals surface area contributed by atoms with Crippen LogP contribution in [0.4, 0.5) is 5.69 Å². The van der Waals surface area contributed by atoms with Crippen molar-refractivity contribution in [1.82, 2.24) is 0 Å². The third-order valence-corrected chi connectivity index (χ3v) is 3.37. The predicted octanol–water partition coefficient (Wildman–Crippen LogP) is 2.74. The van der Waals surface area contributed by atoms with Gasteiger partial charge in [0.25, 0.3) is 5.91 Å². The minimum atomic E-state index is -0.163. The van der Waals surface area contributed by atoms with E-state index < -0.39 is 0 Å². The fourth-order valence-electron chi connectivity index (χ4n) is 1.25. The highest BCUT2D eigenvalue weighted by Gasteiger charge is 2.21. The average Bonchev–Trinajstić information content (AvgIpc) is 2.14. The van der Waals surface area contributed by atoms with Gasteiger partial charge >= 0.3 is 0 Å². The minimum absolute atomic E-state index is 0.0483.